The number of hydrogen-bond acceptors (Lipinski definition) is 4. The number of carbonyl (C=O) groups is 2. The Hall–Kier alpha value is -2.63. The van der Waals surface area contributed by atoms with Gasteiger partial charge >= 0.3 is 0 Å². The molecule has 148 valence electrons. The quantitative estimate of drug-likeness (QED) is 0.816. The van der Waals surface area contributed by atoms with Crippen molar-refractivity contribution < 1.29 is 14.0 Å². The van der Waals surface area contributed by atoms with Gasteiger partial charge in [-0.25, -0.2) is 4.98 Å². The molecule has 1 aromatic heterocycles. The molecule has 2 aromatic rings. The summed E-state index contributed by atoms with van der Waals surface area (Å²) in [5.41, 5.74) is 1.60. The molecule has 6 nitrogen and oxygen atoms in total. The number of rotatable bonds is 4. The number of nitrogens with zero attached hydrogens (tertiary/aromatic N) is 3. The third-order valence-electron chi connectivity index (χ3n) is 5.85. The van der Waals surface area contributed by atoms with Crippen LogP contribution < -0.4 is 0 Å². The average molecular weight is 381 g/mol. The summed E-state index contributed by atoms with van der Waals surface area (Å²) in [6, 6.07) is 9.71. The van der Waals surface area contributed by atoms with Gasteiger partial charge in [0.2, 0.25) is 17.7 Å². The molecule has 2 amide bonds. The molecule has 0 unspecified atom stereocenters. The normalized spacial score (nSPS) is 17.9. The Morgan fingerprint density at radius 3 is 2.39 bits per heavy atom. The van der Waals surface area contributed by atoms with Gasteiger partial charge in [-0.3, -0.25) is 9.59 Å². The number of hydrogen-bond donors (Lipinski definition) is 0. The van der Waals surface area contributed by atoms with Gasteiger partial charge in [-0.05, 0) is 44.7 Å². The van der Waals surface area contributed by atoms with E-state index in [0.717, 1.165) is 44.3 Å². The van der Waals surface area contributed by atoms with Crippen molar-refractivity contribution in [2.24, 2.45) is 5.92 Å². The third-order valence-corrected chi connectivity index (χ3v) is 5.85. The third kappa shape index (κ3) is 3.96. The van der Waals surface area contributed by atoms with E-state index in [2.05, 4.69) is 4.98 Å². The molecule has 0 radical (unpaired) electrons. The van der Waals surface area contributed by atoms with E-state index in [1.165, 1.54) is 0 Å². The first-order chi connectivity index (χ1) is 13.6. The summed E-state index contributed by atoms with van der Waals surface area (Å²) in [5.74, 6) is 1.65. The standard InChI is InChI=1S/C22H27N3O3/c1-16-19(23-21(28-16)17-7-3-2-4-8-17)15-20(26)24-13-9-18(10-14-24)22(27)25-11-5-6-12-25/h2-4,7-8,18H,5-6,9-15H2,1H3. The van der Waals surface area contributed by atoms with Crippen molar-refractivity contribution in [2.45, 2.75) is 39.0 Å². The van der Waals surface area contributed by atoms with E-state index in [9.17, 15) is 9.59 Å². The van der Waals surface area contributed by atoms with E-state index in [-0.39, 0.29) is 24.2 Å². The van der Waals surface area contributed by atoms with Crippen molar-refractivity contribution in [3.63, 3.8) is 0 Å². The molecule has 2 aliphatic rings. The van der Waals surface area contributed by atoms with E-state index in [1.807, 2.05) is 47.1 Å². The second-order valence-corrected chi connectivity index (χ2v) is 7.75. The number of aromatic nitrogens is 1. The van der Waals surface area contributed by atoms with Crippen molar-refractivity contribution in [2.75, 3.05) is 26.2 Å². The summed E-state index contributed by atoms with van der Waals surface area (Å²) >= 11 is 0. The second kappa shape index (κ2) is 8.17. The van der Waals surface area contributed by atoms with Crippen LogP contribution in [0.25, 0.3) is 11.5 Å². The maximum atomic E-state index is 12.7. The molecule has 0 aliphatic carbocycles. The Morgan fingerprint density at radius 2 is 1.71 bits per heavy atom. The fraction of sp³-hybridized carbons (Fsp3) is 0.500. The first-order valence-corrected chi connectivity index (χ1v) is 10.2. The van der Waals surface area contributed by atoms with Crippen molar-refractivity contribution >= 4 is 11.8 Å². The smallest absolute Gasteiger partial charge is 0.228 e. The van der Waals surface area contributed by atoms with Crippen molar-refractivity contribution in [1.29, 1.82) is 0 Å². The lowest BCUT2D eigenvalue weighted by Gasteiger charge is -2.33. The highest BCUT2D eigenvalue weighted by molar-refractivity contribution is 5.81. The highest BCUT2D eigenvalue weighted by atomic mass is 16.4. The molecule has 0 saturated carbocycles. The number of carbonyl (C=O) groups excluding carboxylic acids is 2. The van der Waals surface area contributed by atoms with Gasteiger partial charge in [0.25, 0.3) is 0 Å². The van der Waals surface area contributed by atoms with E-state index >= 15 is 0 Å². The molecule has 4 rings (SSSR count). The Labute approximate surface area is 165 Å². The highest BCUT2D eigenvalue weighted by Gasteiger charge is 2.31. The SMILES string of the molecule is Cc1oc(-c2ccccc2)nc1CC(=O)N1CCC(C(=O)N2CCCC2)CC1. The number of benzene rings is 1. The number of amides is 2. The molecular formula is C22H27N3O3. The van der Waals surface area contributed by atoms with Crippen LogP contribution in [0.2, 0.25) is 0 Å². The molecule has 6 heteroatoms. The van der Waals surface area contributed by atoms with Gasteiger partial charge in [-0.15, -0.1) is 0 Å². The summed E-state index contributed by atoms with van der Waals surface area (Å²) in [7, 11) is 0. The predicted molar refractivity (Wildman–Crippen MR) is 105 cm³/mol. The number of likely N-dealkylation sites (tertiary alicyclic amines) is 2. The van der Waals surface area contributed by atoms with Gasteiger partial charge < -0.3 is 14.2 Å². The van der Waals surface area contributed by atoms with Crippen molar-refractivity contribution in [1.82, 2.24) is 14.8 Å². The van der Waals surface area contributed by atoms with Crippen LogP contribution in [-0.4, -0.2) is 52.8 Å². The summed E-state index contributed by atoms with van der Waals surface area (Å²) in [4.78, 5) is 33.7. The van der Waals surface area contributed by atoms with Crippen molar-refractivity contribution in [3.05, 3.63) is 41.8 Å². The first-order valence-electron chi connectivity index (χ1n) is 10.2. The van der Waals surface area contributed by atoms with Crippen LogP contribution >= 0.6 is 0 Å². The molecule has 2 saturated heterocycles. The van der Waals surface area contributed by atoms with Gasteiger partial charge in [0.15, 0.2) is 0 Å². The molecule has 28 heavy (non-hydrogen) atoms. The minimum absolute atomic E-state index is 0.0584. The molecule has 0 atom stereocenters. The number of piperidine rings is 1. The number of aryl methyl sites for hydroxylation is 1. The van der Waals surface area contributed by atoms with E-state index in [4.69, 9.17) is 4.42 Å². The lowest BCUT2D eigenvalue weighted by Crippen LogP contribution is -2.44. The van der Waals surface area contributed by atoms with Gasteiger partial charge in [-0.1, -0.05) is 18.2 Å². The highest BCUT2D eigenvalue weighted by Crippen LogP contribution is 2.24. The van der Waals surface area contributed by atoms with Crippen LogP contribution in [0.15, 0.2) is 34.7 Å². The summed E-state index contributed by atoms with van der Waals surface area (Å²) in [5, 5.41) is 0. The summed E-state index contributed by atoms with van der Waals surface area (Å²) < 4.78 is 5.76. The maximum absolute atomic E-state index is 12.7. The van der Waals surface area contributed by atoms with Gasteiger partial charge in [0.1, 0.15) is 5.76 Å². The average Bonchev–Trinajstić information content (AvgIpc) is 3.39. The largest absolute Gasteiger partial charge is 0.441 e. The monoisotopic (exact) mass is 381 g/mol. The van der Waals surface area contributed by atoms with Gasteiger partial charge in [0.05, 0.1) is 12.1 Å². The molecule has 2 aliphatic heterocycles. The fourth-order valence-electron chi connectivity index (χ4n) is 4.12. The van der Waals surface area contributed by atoms with Crippen molar-refractivity contribution in [3.8, 4) is 11.5 Å². The zero-order valence-electron chi connectivity index (χ0n) is 16.4. The molecule has 2 fully saturated rings. The van der Waals surface area contributed by atoms with E-state index < -0.39 is 0 Å². The van der Waals surface area contributed by atoms with Crippen LogP contribution in [0.1, 0.15) is 37.1 Å². The number of oxazole rings is 1. The van der Waals surface area contributed by atoms with Crippen LogP contribution in [0.4, 0.5) is 0 Å². The predicted octanol–water partition coefficient (Wildman–Crippen LogP) is 3.05. The molecular weight excluding hydrogens is 354 g/mol. The maximum Gasteiger partial charge on any atom is 0.228 e. The zero-order valence-corrected chi connectivity index (χ0v) is 16.4. The molecule has 0 bridgehead atoms. The Bertz CT molecular complexity index is 832. The van der Waals surface area contributed by atoms with Crippen LogP contribution in [0.5, 0.6) is 0 Å². The molecule has 0 spiro atoms. The minimum Gasteiger partial charge on any atom is -0.441 e. The van der Waals surface area contributed by atoms with E-state index in [0.29, 0.717) is 30.4 Å². The lowest BCUT2D eigenvalue weighted by molar-refractivity contribution is -0.139. The second-order valence-electron chi connectivity index (χ2n) is 7.75. The Kier molecular flexibility index (Phi) is 5.46. The molecule has 1 aromatic carbocycles. The molecule has 0 N–H and O–H groups in total. The Balaban J connectivity index is 1.34. The zero-order chi connectivity index (χ0) is 19.5. The molecule has 3 heterocycles. The minimum atomic E-state index is 0.0584. The van der Waals surface area contributed by atoms with Gasteiger partial charge in [0, 0.05) is 37.7 Å². The van der Waals surface area contributed by atoms with Gasteiger partial charge in [-0.2, -0.15) is 0 Å². The fourth-order valence-corrected chi connectivity index (χ4v) is 4.12. The first kappa shape index (κ1) is 18.7. The van der Waals surface area contributed by atoms with Crippen LogP contribution in [-0.2, 0) is 16.0 Å². The van der Waals surface area contributed by atoms with Crippen LogP contribution in [0, 0.1) is 12.8 Å². The summed E-state index contributed by atoms with van der Waals surface area (Å²) in [6.07, 6.45) is 3.99. The van der Waals surface area contributed by atoms with E-state index in [1.54, 1.807) is 0 Å². The lowest BCUT2D eigenvalue weighted by atomic mass is 9.95. The van der Waals surface area contributed by atoms with Crippen LogP contribution in [0.3, 0.4) is 0 Å². The Morgan fingerprint density at radius 1 is 1.04 bits per heavy atom. The topological polar surface area (TPSA) is 66.7 Å². The summed E-state index contributed by atoms with van der Waals surface area (Å²) in [6.45, 7) is 4.93.